The second kappa shape index (κ2) is 4.50. The number of hydrogen-bond acceptors (Lipinski definition) is 2. The highest BCUT2D eigenvalue weighted by Crippen LogP contribution is 2.16. The predicted molar refractivity (Wildman–Crippen MR) is 45.5 cm³/mol. The van der Waals surface area contributed by atoms with E-state index < -0.39 is 0 Å². The van der Waals surface area contributed by atoms with E-state index >= 15 is 0 Å². The Kier molecular flexibility index (Phi) is 3.57. The van der Waals surface area contributed by atoms with Crippen LogP contribution in [-0.4, -0.2) is 18.9 Å². The molecule has 1 fully saturated rings. The third kappa shape index (κ3) is 3.02. The number of carbonyl (C=O) groups is 1. The molecule has 0 aliphatic carbocycles. The van der Waals surface area contributed by atoms with Gasteiger partial charge in [-0.15, -0.1) is 0 Å². The van der Waals surface area contributed by atoms with Gasteiger partial charge in [-0.1, -0.05) is 6.92 Å². The second-order valence-corrected chi connectivity index (χ2v) is 3.29. The molecule has 0 amide bonds. The van der Waals surface area contributed by atoms with E-state index in [1.165, 1.54) is 12.8 Å². The normalized spacial score (nSPS) is 20.1. The summed E-state index contributed by atoms with van der Waals surface area (Å²) >= 11 is 0. The molecule has 0 aromatic heterocycles. The molecular weight excluding hydrogens is 138 g/mol. The molecule has 0 aromatic carbocycles. The highest BCUT2D eigenvalue weighted by molar-refractivity contribution is 5.78. The number of rotatable bonds is 3. The van der Waals surface area contributed by atoms with Crippen molar-refractivity contribution >= 4 is 5.78 Å². The molecule has 11 heavy (non-hydrogen) atoms. The van der Waals surface area contributed by atoms with Crippen LogP contribution in [-0.2, 0) is 4.79 Å². The van der Waals surface area contributed by atoms with Crippen LogP contribution < -0.4 is 5.32 Å². The van der Waals surface area contributed by atoms with Crippen molar-refractivity contribution in [1.82, 2.24) is 5.32 Å². The molecule has 0 bridgehead atoms. The number of piperidine rings is 1. The van der Waals surface area contributed by atoms with Crippen molar-refractivity contribution in [3.05, 3.63) is 0 Å². The van der Waals surface area contributed by atoms with Gasteiger partial charge < -0.3 is 5.32 Å². The summed E-state index contributed by atoms with van der Waals surface area (Å²) in [4.78, 5) is 11.1. The second-order valence-electron chi connectivity index (χ2n) is 3.29. The molecule has 1 aliphatic rings. The molecule has 64 valence electrons. The molecule has 0 unspecified atom stereocenters. The summed E-state index contributed by atoms with van der Waals surface area (Å²) in [6.07, 6.45) is 3.90. The standard InChI is InChI=1S/C9H17NO/c1-2-9(11)7-8-3-5-10-6-4-8/h8,10H,2-7H2,1H3. The average molecular weight is 155 g/mol. The van der Waals surface area contributed by atoms with Crippen molar-refractivity contribution in [1.29, 1.82) is 0 Å². The van der Waals surface area contributed by atoms with Gasteiger partial charge in [0.2, 0.25) is 0 Å². The van der Waals surface area contributed by atoms with Crippen molar-refractivity contribution in [2.45, 2.75) is 32.6 Å². The van der Waals surface area contributed by atoms with Crippen LogP contribution in [0, 0.1) is 5.92 Å². The van der Waals surface area contributed by atoms with Crippen LogP contribution in [0.3, 0.4) is 0 Å². The lowest BCUT2D eigenvalue weighted by Crippen LogP contribution is -2.28. The Hall–Kier alpha value is -0.370. The van der Waals surface area contributed by atoms with E-state index in [-0.39, 0.29) is 0 Å². The number of nitrogens with one attached hydrogen (secondary N) is 1. The molecule has 0 atom stereocenters. The molecular formula is C9H17NO. The van der Waals surface area contributed by atoms with Gasteiger partial charge >= 0.3 is 0 Å². The maximum absolute atomic E-state index is 11.1. The zero-order valence-corrected chi connectivity index (χ0v) is 7.23. The van der Waals surface area contributed by atoms with Crippen molar-refractivity contribution in [2.75, 3.05) is 13.1 Å². The third-order valence-electron chi connectivity index (χ3n) is 2.37. The summed E-state index contributed by atoms with van der Waals surface area (Å²) < 4.78 is 0. The van der Waals surface area contributed by atoms with E-state index in [1.54, 1.807) is 0 Å². The van der Waals surface area contributed by atoms with Crippen molar-refractivity contribution in [2.24, 2.45) is 5.92 Å². The summed E-state index contributed by atoms with van der Waals surface area (Å²) in [6.45, 7) is 4.15. The fraction of sp³-hybridized carbons (Fsp3) is 0.889. The maximum atomic E-state index is 11.1. The fourth-order valence-corrected chi connectivity index (χ4v) is 1.55. The zero-order valence-electron chi connectivity index (χ0n) is 7.23. The van der Waals surface area contributed by atoms with E-state index in [4.69, 9.17) is 0 Å². The molecule has 0 aromatic rings. The first-order valence-corrected chi connectivity index (χ1v) is 4.55. The van der Waals surface area contributed by atoms with Gasteiger partial charge in [0.05, 0.1) is 0 Å². The Morgan fingerprint density at radius 3 is 2.64 bits per heavy atom. The quantitative estimate of drug-likeness (QED) is 0.666. The topological polar surface area (TPSA) is 29.1 Å². The average Bonchev–Trinajstić information content (AvgIpc) is 2.06. The van der Waals surface area contributed by atoms with Crippen molar-refractivity contribution in [3.63, 3.8) is 0 Å². The van der Waals surface area contributed by atoms with Gasteiger partial charge in [-0.3, -0.25) is 4.79 Å². The van der Waals surface area contributed by atoms with Crippen LogP contribution in [0.5, 0.6) is 0 Å². The van der Waals surface area contributed by atoms with Crippen LogP contribution in [0.25, 0.3) is 0 Å². The highest BCUT2D eigenvalue weighted by Gasteiger charge is 2.15. The summed E-state index contributed by atoms with van der Waals surface area (Å²) in [5, 5.41) is 3.29. The Morgan fingerprint density at radius 1 is 1.45 bits per heavy atom. The van der Waals surface area contributed by atoms with E-state index in [9.17, 15) is 4.79 Å². The summed E-state index contributed by atoms with van der Waals surface area (Å²) in [6, 6.07) is 0. The first-order chi connectivity index (χ1) is 5.33. The molecule has 2 nitrogen and oxygen atoms in total. The molecule has 1 saturated heterocycles. The van der Waals surface area contributed by atoms with Crippen molar-refractivity contribution in [3.8, 4) is 0 Å². The van der Waals surface area contributed by atoms with Gasteiger partial charge in [0.1, 0.15) is 5.78 Å². The first kappa shape index (κ1) is 8.72. The van der Waals surface area contributed by atoms with E-state index in [0.29, 0.717) is 18.1 Å². The molecule has 0 saturated carbocycles. The van der Waals surface area contributed by atoms with Crippen LogP contribution in [0.2, 0.25) is 0 Å². The van der Waals surface area contributed by atoms with Crippen LogP contribution in [0.15, 0.2) is 0 Å². The van der Waals surface area contributed by atoms with Crippen LogP contribution in [0.4, 0.5) is 0 Å². The highest BCUT2D eigenvalue weighted by atomic mass is 16.1. The minimum absolute atomic E-state index is 0.428. The van der Waals surface area contributed by atoms with E-state index in [2.05, 4.69) is 5.32 Å². The third-order valence-corrected chi connectivity index (χ3v) is 2.37. The van der Waals surface area contributed by atoms with Gasteiger partial charge in [-0.2, -0.15) is 0 Å². The molecule has 2 heteroatoms. The lowest BCUT2D eigenvalue weighted by molar-refractivity contribution is -0.119. The first-order valence-electron chi connectivity index (χ1n) is 4.55. The summed E-state index contributed by atoms with van der Waals surface area (Å²) in [7, 11) is 0. The van der Waals surface area contributed by atoms with Crippen LogP contribution in [0.1, 0.15) is 32.6 Å². The zero-order chi connectivity index (χ0) is 8.10. The molecule has 1 N–H and O–H groups in total. The smallest absolute Gasteiger partial charge is 0.132 e. The summed E-state index contributed by atoms with van der Waals surface area (Å²) in [5.41, 5.74) is 0. The number of Topliss-reactive ketones (excluding diaryl/α,β-unsaturated/α-hetero) is 1. The summed E-state index contributed by atoms with van der Waals surface area (Å²) in [5.74, 6) is 1.10. The number of hydrogen-bond donors (Lipinski definition) is 1. The van der Waals surface area contributed by atoms with E-state index in [0.717, 1.165) is 19.5 Å². The molecule has 1 heterocycles. The molecule has 0 spiro atoms. The number of ketones is 1. The monoisotopic (exact) mass is 155 g/mol. The SMILES string of the molecule is CCC(=O)CC1CCNCC1. The lowest BCUT2D eigenvalue weighted by atomic mass is 9.92. The number of carbonyl (C=O) groups excluding carboxylic acids is 1. The van der Waals surface area contributed by atoms with Gasteiger partial charge in [-0.05, 0) is 31.8 Å². The van der Waals surface area contributed by atoms with Gasteiger partial charge in [0.25, 0.3) is 0 Å². The fourth-order valence-electron chi connectivity index (χ4n) is 1.55. The molecule has 1 rings (SSSR count). The van der Waals surface area contributed by atoms with Gasteiger partial charge in [-0.25, -0.2) is 0 Å². The largest absolute Gasteiger partial charge is 0.317 e. The van der Waals surface area contributed by atoms with Crippen LogP contribution >= 0.6 is 0 Å². The predicted octanol–water partition coefficient (Wildman–Crippen LogP) is 1.36. The minimum atomic E-state index is 0.428. The lowest BCUT2D eigenvalue weighted by Gasteiger charge is -2.21. The Labute approximate surface area is 68.4 Å². The molecule has 0 radical (unpaired) electrons. The van der Waals surface area contributed by atoms with E-state index in [1.807, 2.05) is 6.92 Å². The Morgan fingerprint density at radius 2 is 2.09 bits per heavy atom. The minimum Gasteiger partial charge on any atom is -0.317 e. The molecule has 1 aliphatic heterocycles. The Bertz CT molecular complexity index is 128. The van der Waals surface area contributed by atoms with Gasteiger partial charge in [0, 0.05) is 12.8 Å². The van der Waals surface area contributed by atoms with Crippen molar-refractivity contribution < 1.29 is 4.79 Å². The Balaban J connectivity index is 2.19. The maximum Gasteiger partial charge on any atom is 0.132 e. The van der Waals surface area contributed by atoms with Gasteiger partial charge in [0.15, 0.2) is 0 Å².